The Morgan fingerprint density at radius 3 is 2.57 bits per heavy atom. The van der Waals surface area contributed by atoms with Gasteiger partial charge >= 0.3 is 0 Å². The maximum Gasteiger partial charge on any atom is 0.138 e. The van der Waals surface area contributed by atoms with Crippen LogP contribution in [0.3, 0.4) is 0 Å². The van der Waals surface area contributed by atoms with Crippen LogP contribution in [0.2, 0.25) is 0 Å². The van der Waals surface area contributed by atoms with Gasteiger partial charge in [0.2, 0.25) is 0 Å². The van der Waals surface area contributed by atoms with Gasteiger partial charge in [0.15, 0.2) is 0 Å². The molecule has 1 aromatic heterocycles. The molecule has 0 fully saturated rings. The number of hydrogen-bond acceptors (Lipinski definition) is 5. The highest BCUT2D eigenvalue weighted by Gasteiger charge is 2.10. The number of aliphatic hydroxyl groups is 1. The van der Waals surface area contributed by atoms with Crippen molar-refractivity contribution >= 4 is 0 Å². The minimum atomic E-state index is -0.563. The lowest BCUT2D eigenvalue weighted by Crippen LogP contribution is -2.31. The van der Waals surface area contributed by atoms with Gasteiger partial charge in [-0.3, -0.25) is 0 Å². The molecule has 114 valence electrons. The smallest absolute Gasteiger partial charge is 0.138 e. The van der Waals surface area contributed by atoms with E-state index in [1.165, 1.54) is 5.56 Å². The van der Waals surface area contributed by atoms with Crippen molar-refractivity contribution in [2.24, 2.45) is 0 Å². The molecule has 0 aliphatic heterocycles. The molecule has 0 saturated carbocycles. The molecule has 0 radical (unpaired) electrons. The van der Waals surface area contributed by atoms with Gasteiger partial charge in [0.25, 0.3) is 0 Å². The Labute approximate surface area is 124 Å². The first-order chi connectivity index (χ1) is 10.1. The van der Waals surface area contributed by atoms with Crippen molar-refractivity contribution in [1.82, 2.24) is 10.5 Å². The Bertz CT molecular complexity index is 544. The zero-order chi connectivity index (χ0) is 15.2. The summed E-state index contributed by atoms with van der Waals surface area (Å²) in [6.45, 7) is 7.16. The minimum Gasteiger partial charge on any atom is -0.491 e. The van der Waals surface area contributed by atoms with Crippen molar-refractivity contribution in [3.63, 3.8) is 0 Å². The van der Waals surface area contributed by atoms with Crippen LogP contribution >= 0.6 is 0 Å². The van der Waals surface area contributed by atoms with Crippen LogP contribution in [0.15, 0.2) is 28.8 Å². The van der Waals surface area contributed by atoms with Gasteiger partial charge in [0.1, 0.15) is 24.2 Å². The highest BCUT2D eigenvalue weighted by Crippen LogP contribution is 2.12. The predicted octanol–water partition coefficient (Wildman–Crippen LogP) is 2.13. The first-order valence-corrected chi connectivity index (χ1v) is 7.06. The van der Waals surface area contributed by atoms with E-state index in [1.807, 2.05) is 45.0 Å². The summed E-state index contributed by atoms with van der Waals surface area (Å²) in [6.07, 6.45) is -0.563. The van der Waals surface area contributed by atoms with Gasteiger partial charge in [-0.15, -0.1) is 0 Å². The average Bonchev–Trinajstić information content (AvgIpc) is 2.78. The lowest BCUT2D eigenvalue weighted by Gasteiger charge is -2.13. The van der Waals surface area contributed by atoms with Crippen LogP contribution in [0.1, 0.15) is 22.6 Å². The summed E-state index contributed by atoms with van der Waals surface area (Å²) in [5.74, 6) is 1.58. The molecule has 0 spiro atoms. The number of nitrogens with zero attached hydrogens (tertiary/aromatic N) is 1. The van der Waals surface area contributed by atoms with E-state index in [0.29, 0.717) is 13.1 Å². The highest BCUT2D eigenvalue weighted by atomic mass is 16.5. The van der Waals surface area contributed by atoms with Crippen LogP contribution in [0, 0.1) is 20.8 Å². The molecule has 1 heterocycles. The molecular weight excluding hydrogens is 268 g/mol. The topological polar surface area (TPSA) is 67.5 Å². The molecule has 0 bridgehead atoms. The molecule has 2 aromatic rings. The van der Waals surface area contributed by atoms with E-state index in [9.17, 15) is 5.11 Å². The van der Waals surface area contributed by atoms with Crippen molar-refractivity contribution in [1.29, 1.82) is 0 Å². The second-order valence-electron chi connectivity index (χ2n) is 5.21. The number of aryl methyl sites for hydroxylation is 3. The van der Waals surface area contributed by atoms with Crippen molar-refractivity contribution in [2.45, 2.75) is 33.4 Å². The van der Waals surface area contributed by atoms with Gasteiger partial charge < -0.3 is 19.7 Å². The molecule has 0 aliphatic carbocycles. The lowest BCUT2D eigenvalue weighted by molar-refractivity contribution is 0.106. The third-order valence-corrected chi connectivity index (χ3v) is 3.33. The van der Waals surface area contributed by atoms with Gasteiger partial charge in [-0.1, -0.05) is 22.9 Å². The van der Waals surface area contributed by atoms with Crippen LogP contribution < -0.4 is 10.1 Å². The summed E-state index contributed by atoms with van der Waals surface area (Å²) in [5.41, 5.74) is 3.11. The number of benzene rings is 1. The van der Waals surface area contributed by atoms with Gasteiger partial charge in [-0.05, 0) is 32.9 Å². The van der Waals surface area contributed by atoms with Crippen LogP contribution in [0.25, 0.3) is 0 Å². The second-order valence-corrected chi connectivity index (χ2v) is 5.21. The molecule has 1 unspecified atom stereocenters. The standard InChI is InChI=1S/C16H22N2O3/c1-11-4-6-15(7-5-11)20-10-14(19)8-17-9-16-12(2)18-21-13(16)3/h4-7,14,17,19H,8-10H2,1-3H3. The number of rotatable bonds is 7. The molecule has 5 heteroatoms. The summed E-state index contributed by atoms with van der Waals surface area (Å²) in [4.78, 5) is 0. The van der Waals surface area contributed by atoms with Crippen molar-refractivity contribution in [3.05, 3.63) is 46.8 Å². The van der Waals surface area contributed by atoms with E-state index in [0.717, 1.165) is 22.8 Å². The molecule has 21 heavy (non-hydrogen) atoms. The first kappa shape index (κ1) is 15.5. The highest BCUT2D eigenvalue weighted by molar-refractivity contribution is 5.26. The molecule has 0 amide bonds. The van der Waals surface area contributed by atoms with Crippen molar-refractivity contribution in [2.75, 3.05) is 13.2 Å². The molecule has 0 aliphatic rings. The van der Waals surface area contributed by atoms with E-state index in [-0.39, 0.29) is 6.61 Å². The zero-order valence-corrected chi connectivity index (χ0v) is 12.7. The van der Waals surface area contributed by atoms with Crippen molar-refractivity contribution < 1.29 is 14.4 Å². The van der Waals surface area contributed by atoms with E-state index in [4.69, 9.17) is 9.26 Å². The summed E-state index contributed by atoms with van der Waals surface area (Å²) < 4.78 is 10.6. The average molecular weight is 290 g/mol. The maximum absolute atomic E-state index is 9.91. The minimum absolute atomic E-state index is 0.262. The number of ether oxygens (including phenoxy) is 1. The Morgan fingerprint density at radius 1 is 1.24 bits per heavy atom. The quantitative estimate of drug-likeness (QED) is 0.817. The summed E-state index contributed by atoms with van der Waals surface area (Å²) >= 11 is 0. The van der Waals surface area contributed by atoms with Gasteiger partial charge in [-0.2, -0.15) is 0 Å². The Kier molecular flexibility index (Phi) is 5.36. The van der Waals surface area contributed by atoms with Gasteiger partial charge in [0, 0.05) is 18.7 Å². The Balaban J connectivity index is 1.70. The molecule has 2 rings (SSSR count). The SMILES string of the molecule is Cc1ccc(OCC(O)CNCc2c(C)noc2C)cc1. The van der Waals surface area contributed by atoms with Crippen LogP contribution in [0.4, 0.5) is 0 Å². The molecular formula is C16H22N2O3. The summed E-state index contributed by atoms with van der Waals surface area (Å²) in [5, 5.41) is 17.0. The van der Waals surface area contributed by atoms with E-state index in [1.54, 1.807) is 0 Å². The second kappa shape index (κ2) is 7.24. The normalized spacial score (nSPS) is 12.4. The van der Waals surface area contributed by atoms with Gasteiger partial charge in [-0.25, -0.2) is 0 Å². The fraction of sp³-hybridized carbons (Fsp3) is 0.438. The number of aromatic nitrogens is 1. The first-order valence-electron chi connectivity index (χ1n) is 7.06. The third kappa shape index (κ3) is 4.58. The lowest BCUT2D eigenvalue weighted by atomic mass is 10.2. The molecule has 0 saturated heterocycles. The van der Waals surface area contributed by atoms with E-state index < -0.39 is 6.10 Å². The summed E-state index contributed by atoms with van der Waals surface area (Å²) in [7, 11) is 0. The third-order valence-electron chi connectivity index (χ3n) is 3.33. The molecule has 1 aromatic carbocycles. The number of nitrogens with one attached hydrogen (secondary N) is 1. The zero-order valence-electron chi connectivity index (χ0n) is 12.7. The largest absolute Gasteiger partial charge is 0.491 e. The van der Waals surface area contributed by atoms with E-state index in [2.05, 4.69) is 10.5 Å². The molecule has 1 atom stereocenters. The fourth-order valence-corrected chi connectivity index (χ4v) is 2.00. The monoisotopic (exact) mass is 290 g/mol. The molecule has 2 N–H and O–H groups in total. The number of hydrogen-bond donors (Lipinski definition) is 2. The Morgan fingerprint density at radius 2 is 1.95 bits per heavy atom. The maximum atomic E-state index is 9.91. The number of aliphatic hydroxyl groups excluding tert-OH is 1. The fourth-order valence-electron chi connectivity index (χ4n) is 2.00. The molecule has 5 nitrogen and oxygen atoms in total. The predicted molar refractivity (Wildman–Crippen MR) is 80.4 cm³/mol. The van der Waals surface area contributed by atoms with Crippen LogP contribution in [0.5, 0.6) is 5.75 Å². The van der Waals surface area contributed by atoms with Gasteiger partial charge in [0.05, 0.1) is 5.69 Å². The summed E-state index contributed by atoms with van der Waals surface area (Å²) in [6, 6.07) is 7.77. The van der Waals surface area contributed by atoms with E-state index >= 15 is 0 Å². The van der Waals surface area contributed by atoms with Crippen LogP contribution in [-0.4, -0.2) is 29.5 Å². The Hall–Kier alpha value is -1.85. The van der Waals surface area contributed by atoms with Crippen LogP contribution in [-0.2, 0) is 6.54 Å². The van der Waals surface area contributed by atoms with Crippen molar-refractivity contribution in [3.8, 4) is 5.75 Å².